The largest absolute Gasteiger partial charge is 0.491 e. The van der Waals surface area contributed by atoms with Gasteiger partial charge in [-0.05, 0) is 32.9 Å². The van der Waals surface area contributed by atoms with Crippen LogP contribution in [-0.2, 0) is 6.42 Å². The molecule has 1 aromatic rings. The lowest BCUT2D eigenvalue weighted by molar-refractivity contribution is 0.195. The Bertz CT molecular complexity index is 494. The standard InChI is InChI=1S/C13H16BrNO3/c1-13(2,3)15(12(16)17)10-7-9(14)6-8-4-5-18-11(8)10/h6-7H,4-5H2,1-3H3,(H,16,17). The molecule has 0 aromatic heterocycles. The number of fused-ring (bicyclic) bond motifs is 1. The van der Waals surface area contributed by atoms with E-state index in [4.69, 9.17) is 4.74 Å². The Morgan fingerprint density at radius 2 is 2.11 bits per heavy atom. The first-order chi connectivity index (χ1) is 8.30. The number of halogens is 1. The second kappa shape index (κ2) is 4.46. The summed E-state index contributed by atoms with van der Waals surface area (Å²) in [5, 5.41) is 9.44. The van der Waals surface area contributed by atoms with Crippen molar-refractivity contribution in [2.45, 2.75) is 32.7 Å². The summed E-state index contributed by atoms with van der Waals surface area (Å²) in [5.41, 5.74) is 1.14. The Morgan fingerprint density at radius 3 is 2.67 bits per heavy atom. The highest BCUT2D eigenvalue weighted by Crippen LogP contribution is 2.41. The number of rotatable bonds is 1. The van der Waals surface area contributed by atoms with E-state index < -0.39 is 11.6 Å². The van der Waals surface area contributed by atoms with E-state index in [-0.39, 0.29) is 0 Å². The highest BCUT2D eigenvalue weighted by atomic mass is 79.9. The molecule has 98 valence electrons. The fourth-order valence-electron chi connectivity index (χ4n) is 2.17. The first-order valence-corrected chi connectivity index (χ1v) is 6.58. The third kappa shape index (κ3) is 2.32. The normalized spacial score (nSPS) is 14.0. The van der Waals surface area contributed by atoms with Crippen LogP contribution < -0.4 is 9.64 Å². The summed E-state index contributed by atoms with van der Waals surface area (Å²) in [6.45, 7) is 6.20. The topological polar surface area (TPSA) is 49.8 Å². The van der Waals surface area contributed by atoms with E-state index in [0.717, 1.165) is 16.5 Å². The van der Waals surface area contributed by atoms with Crippen LogP contribution in [0.25, 0.3) is 0 Å². The number of anilines is 1. The third-order valence-electron chi connectivity index (χ3n) is 2.83. The van der Waals surface area contributed by atoms with Crippen LogP contribution in [0.3, 0.4) is 0 Å². The predicted octanol–water partition coefficient (Wildman–Crippen LogP) is 3.67. The molecule has 1 aliphatic rings. The number of benzene rings is 1. The van der Waals surface area contributed by atoms with E-state index in [1.165, 1.54) is 4.90 Å². The van der Waals surface area contributed by atoms with Crippen LogP contribution in [0.5, 0.6) is 5.75 Å². The van der Waals surface area contributed by atoms with Gasteiger partial charge in [0.15, 0.2) is 0 Å². The molecule has 0 saturated carbocycles. The molecule has 1 amide bonds. The molecule has 0 atom stereocenters. The van der Waals surface area contributed by atoms with Gasteiger partial charge < -0.3 is 9.84 Å². The molecule has 4 nitrogen and oxygen atoms in total. The Hall–Kier alpha value is -1.23. The fourth-order valence-corrected chi connectivity index (χ4v) is 2.66. The van der Waals surface area contributed by atoms with Gasteiger partial charge >= 0.3 is 6.09 Å². The lowest BCUT2D eigenvalue weighted by Crippen LogP contribution is -2.45. The number of amides is 1. The van der Waals surface area contributed by atoms with Crippen molar-refractivity contribution < 1.29 is 14.6 Å². The van der Waals surface area contributed by atoms with Gasteiger partial charge in [-0.3, -0.25) is 4.90 Å². The quantitative estimate of drug-likeness (QED) is 0.860. The number of nitrogens with zero attached hydrogens (tertiary/aromatic N) is 1. The van der Waals surface area contributed by atoms with E-state index in [9.17, 15) is 9.90 Å². The lowest BCUT2D eigenvalue weighted by Gasteiger charge is -2.34. The van der Waals surface area contributed by atoms with Gasteiger partial charge in [0.2, 0.25) is 0 Å². The van der Waals surface area contributed by atoms with E-state index >= 15 is 0 Å². The van der Waals surface area contributed by atoms with Crippen molar-refractivity contribution in [3.05, 3.63) is 22.2 Å². The van der Waals surface area contributed by atoms with Crippen molar-refractivity contribution in [3.8, 4) is 5.75 Å². The molecule has 0 radical (unpaired) electrons. The van der Waals surface area contributed by atoms with Crippen LogP contribution in [0, 0.1) is 0 Å². The molecule has 0 fully saturated rings. The molecule has 1 heterocycles. The molecule has 0 aliphatic carbocycles. The third-order valence-corrected chi connectivity index (χ3v) is 3.29. The summed E-state index contributed by atoms with van der Waals surface area (Å²) in [4.78, 5) is 12.9. The van der Waals surface area contributed by atoms with Gasteiger partial charge in [-0.25, -0.2) is 4.79 Å². The zero-order valence-electron chi connectivity index (χ0n) is 10.7. The molecule has 18 heavy (non-hydrogen) atoms. The summed E-state index contributed by atoms with van der Waals surface area (Å²) in [6.07, 6.45) is -0.155. The van der Waals surface area contributed by atoms with E-state index in [2.05, 4.69) is 15.9 Å². The average Bonchev–Trinajstić information content (AvgIpc) is 2.61. The molecule has 5 heteroatoms. The van der Waals surface area contributed by atoms with Gasteiger partial charge in [-0.15, -0.1) is 0 Å². The summed E-state index contributed by atoms with van der Waals surface area (Å²) in [5.74, 6) is 0.690. The molecular formula is C13H16BrNO3. The van der Waals surface area contributed by atoms with Gasteiger partial charge in [0.25, 0.3) is 0 Å². The molecule has 0 saturated heterocycles. The number of carboxylic acid groups (broad SMARTS) is 1. The zero-order valence-corrected chi connectivity index (χ0v) is 12.2. The summed E-state index contributed by atoms with van der Waals surface area (Å²) >= 11 is 3.42. The Morgan fingerprint density at radius 1 is 1.44 bits per heavy atom. The van der Waals surface area contributed by atoms with Crippen LogP contribution in [0.1, 0.15) is 26.3 Å². The van der Waals surface area contributed by atoms with Gasteiger partial charge in [-0.2, -0.15) is 0 Å². The SMILES string of the molecule is CC(C)(C)N(C(=O)O)c1cc(Br)cc2c1OCC2. The molecule has 0 unspecified atom stereocenters. The molecule has 2 rings (SSSR count). The van der Waals surface area contributed by atoms with Crippen molar-refractivity contribution in [2.75, 3.05) is 11.5 Å². The van der Waals surface area contributed by atoms with E-state index in [1.807, 2.05) is 26.8 Å². The molecule has 0 spiro atoms. The summed E-state index contributed by atoms with van der Waals surface area (Å²) in [6, 6.07) is 3.78. The highest BCUT2D eigenvalue weighted by molar-refractivity contribution is 9.10. The maximum Gasteiger partial charge on any atom is 0.412 e. The van der Waals surface area contributed by atoms with Gasteiger partial charge in [0.05, 0.1) is 12.3 Å². The minimum absolute atomic E-state index is 0.521. The number of ether oxygens (including phenoxy) is 1. The minimum atomic E-state index is -0.974. The molecular weight excluding hydrogens is 298 g/mol. The smallest absolute Gasteiger partial charge is 0.412 e. The maximum atomic E-state index is 11.5. The zero-order chi connectivity index (χ0) is 13.5. The number of carbonyl (C=O) groups is 1. The van der Waals surface area contributed by atoms with Crippen molar-refractivity contribution in [1.29, 1.82) is 0 Å². The van der Waals surface area contributed by atoms with Crippen LogP contribution in [0.4, 0.5) is 10.5 Å². The molecule has 1 N–H and O–H groups in total. The second-order valence-electron chi connectivity index (χ2n) is 5.30. The first kappa shape index (κ1) is 13.2. The van der Waals surface area contributed by atoms with Crippen molar-refractivity contribution in [2.24, 2.45) is 0 Å². The van der Waals surface area contributed by atoms with Crippen molar-refractivity contribution >= 4 is 27.7 Å². The number of hydrogen-bond donors (Lipinski definition) is 1. The van der Waals surface area contributed by atoms with Crippen LogP contribution in [0.2, 0.25) is 0 Å². The van der Waals surface area contributed by atoms with Crippen LogP contribution in [-0.4, -0.2) is 23.3 Å². The lowest BCUT2D eigenvalue weighted by atomic mass is 10.0. The monoisotopic (exact) mass is 313 g/mol. The highest BCUT2D eigenvalue weighted by Gasteiger charge is 2.32. The van der Waals surface area contributed by atoms with Crippen LogP contribution >= 0.6 is 15.9 Å². The molecule has 1 aliphatic heterocycles. The first-order valence-electron chi connectivity index (χ1n) is 5.79. The Kier molecular flexibility index (Phi) is 3.27. The molecule has 0 bridgehead atoms. The Labute approximate surface area is 115 Å². The average molecular weight is 314 g/mol. The van der Waals surface area contributed by atoms with Gasteiger partial charge in [-0.1, -0.05) is 15.9 Å². The Balaban J connectivity index is 2.59. The summed E-state index contributed by atoms with van der Waals surface area (Å²) < 4.78 is 6.46. The van der Waals surface area contributed by atoms with Gasteiger partial charge in [0.1, 0.15) is 5.75 Å². The minimum Gasteiger partial charge on any atom is -0.491 e. The number of hydrogen-bond acceptors (Lipinski definition) is 2. The van der Waals surface area contributed by atoms with Crippen molar-refractivity contribution in [3.63, 3.8) is 0 Å². The van der Waals surface area contributed by atoms with Gasteiger partial charge in [0, 0.05) is 22.0 Å². The predicted molar refractivity (Wildman–Crippen MR) is 73.6 cm³/mol. The second-order valence-corrected chi connectivity index (χ2v) is 6.22. The summed E-state index contributed by atoms with van der Waals surface area (Å²) in [7, 11) is 0. The van der Waals surface area contributed by atoms with Crippen LogP contribution in [0.15, 0.2) is 16.6 Å². The van der Waals surface area contributed by atoms with Crippen molar-refractivity contribution in [1.82, 2.24) is 0 Å². The molecule has 1 aromatic carbocycles. The van der Waals surface area contributed by atoms with E-state index in [1.54, 1.807) is 6.07 Å². The maximum absolute atomic E-state index is 11.5. The van der Waals surface area contributed by atoms with E-state index in [0.29, 0.717) is 18.0 Å². The fraction of sp³-hybridized carbons (Fsp3) is 0.462.